The van der Waals surface area contributed by atoms with Crippen LogP contribution in [0.4, 0.5) is 6.01 Å². The molecule has 0 aliphatic carbocycles. The Morgan fingerprint density at radius 1 is 1.38 bits per heavy atom. The Balaban J connectivity index is 2.40. The minimum atomic E-state index is 0.0895. The molecule has 0 saturated heterocycles. The summed E-state index contributed by atoms with van der Waals surface area (Å²) in [7, 11) is 1.86. The van der Waals surface area contributed by atoms with Crippen LogP contribution in [0.5, 0.6) is 0 Å². The number of anilines is 1. The van der Waals surface area contributed by atoms with E-state index in [1.165, 1.54) is 0 Å². The van der Waals surface area contributed by atoms with Crippen molar-refractivity contribution in [2.24, 2.45) is 5.92 Å². The van der Waals surface area contributed by atoms with Crippen LogP contribution in [0.1, 0.15) is 25.8 Å². The van der Waals surface area contributed by atoms with Crippen molar-refractivity contribution in [3.63, 3.8) is 0 Å². The van der Waals surface area contributed by atoms with Gasteiger partial charge >= 0.3 is 6.01 Å². The summed E-state index contributed by atoms with van der Waals surface area (Å²) < 4.78 is 5.46. The van der Waals surface area contributed by atoms with Crippen LogP contribution >= 0.6 is 11.8 Å². The van der Waals surface area contributed by atoms with Gasteiger partial charge in [-0.15, -0.1) is 5.10 Å². The first-order chi connectivity index (χ1) is 7.67. The zero-order valence-electron chi connectivity index (χ0n) is 10.3. The smallest absolute Gasteiger partial charge is 0.315 e. The lowest BCUT2D eigenvalue weighted by Gasteiger charge is -2.08. The van der Waals surface area contributed by atoms with E-state index in [0.29, 0.717) is 17.8 Å². The maximum absolute atomic E-state index is 5.46. The fourth-order valence-corrected chi connectivity index (χ4v) is 1.90. The SMILES string of the molecule is CNC(C)c1nnc(NCC(C)CSC)o1. The van der Waals surface area contributed by atoms with Crippen LogP contribution in [0.25, 0.3) is 0 Å². The molecule has 2 N–H and O–H groups in total. The van der Waals surface area contributed by atoms with Crippen molar-refractivity contribution in [2.45, 2.75) is 19.9 Å². The van der Waals surface area contributed by atoms with Crippen LogP contribution in [-0.4, -0.2) is 35.8 Å². The van der Waals surface area contributed by atoms with Gasteiger partial charge in [-0.25, -0.2) is 0 Å². The summed E-state index contributed by atoms with van der Waals surface area (Å²) in [5.41, 5.74) is 0. The van der Waals surface area contributed by atoms with Gasteiger partial charge in [-0.3, -0.25) is 0 Å². The van der Waals surface area contributed by atoms with Gasteiger partial charge in [0, 0.05) is 6.54 Å². The van der Waals surface area contributed by atoms with E-state index in [1.54, 1.807) is 0 Å². The van der Waals surface area contributed by atoms with Crippen molar-refractivity contribution < 1.29 is 4.42 Å². The molecule has 0 fully saturated rings. The summed E-state index contributed by atoms with van der Waals surface area (Å²) in [6, 6.07) is 0.594. The minimum Gasteiger partial charge on any atom is -0.406 e. The minimum absolute atomic E-state index is 0.0895. The Morgan fingerprint density at radius 2 is 2.12 bits per heavy atom. The molecular formula is C10H20N4OS. The molecule has 0 bridgehead atoms. The summed E-state index contributed by atoms with van der Waals surface area (Å²) in [6.07, 6.45) is 2.11. The molecular weight excluding hydrogens is 224 g/mol. The molecule has 0 aromatic carbocycles. The lowest BCUT2D eigenvalue weighted by molar-refractivity contribution is 0.439. The molecule has 1 heterocycles. The molecule has 1 aromatic rings. The highest BCUT2D eigenvalue weighted by Crippen LogP contribution is 2.13. The molecule has 1 rings (SSSR count). The van der Waals surface area contributed by atoms with Crippen LogP contribution in [0, 0.1) is 5.92 Å². The first kappa shape index (κ1) is 13.3. The van der Waals surface area contributed by atoms with Crippen molar-refractivity contribution in [3.05, 3.63) is 5.89 Å². The highest BCUT2D eigenvalue weighted by Gasteiger charge is 2.12. The molecule has 0 aliphatic rings. The summed E-state index contributed by atoms with van der Waals surface area (Å²) in [5.74, 6) is 2.33. The van der Waals surface area contributed by atoms with Crippen LogP contribution < -0.4 is 10.6 Å². The Labute approximate surface area is 101 Å². The van der Waals surface area contributed by atoms with E-state index in [4.69, 9.17) is 4.42 Å². The van der Waals surface area contributed by atoms with E-state index in [0.717, 1.165) is 12.3 Å². The van der Waals surface area contributed by atoms with Crippen molar-refractivity contribution in [1.29, 1.82) is 0 Å². The van der Waals surface area contributed by atoms with Crippen molar-refractivity contribution >= 4 is 17.8 Å². The fourth-order valence-electron chi connectivity index (χ4n) is 1.21. The van der Waals surface area contributed by atoms with Gasteiger partial charge < -0.3 is 15.1 Å². The summed E-state index contributed by atoms with van der Waals surface area (Å²) >= 11 is 1.84. The zero-order chi connectivity index (χ0) is 12.0. The third-order valence-corrected chi connectivity index (χ3v) is 3.20. The van der Waals surface area contributed by atoms with Gasteiger partial charge in [0.25, 0.3) is 0 Å². The first-order valence-corrected chi connectivity index (χ1v) is 6.80. The molecule has 0 saturated carbocycles. The third kappa shape index (κ3) is 4.02. The maximum Gasteiger partial charge on any atom is 0.315 e. The summed E-state index contributed by atoms with van der Waals surface area (Å²) in [6.45, 7) is 5.03. The topological polar surface area (TPSA) is 63.0 Å². The van der Waals surface area contributed by atoms with Gasteiger partial charge in [-0.1, -0.05) is 12.0 Å². The van der Waals surface area contributed by atoms with Crippen LogP contribution in [0.3, 0.4) is 0 Å². The van der Waals surface area contributed by atoms with Crippen LogP contribution in [0.2, 0.25) is 0 Å². The summed E-state index contributed by atoms with van der Waals surface area (Å²) in [4.78, 5) is 0. The second-order valence-electron chi connectivity index (χ2n) is 3.90. The molecule has 2 atom stereocenters. The maximum atomic E-state index is 5.46. The average molecular weight is 244 g/mol. The van der Waals surface area contributed by atoms with Crippen LogP contribution in [0.15, 0.2) is 4.42 Å². The van der Waals surface area contributed by atoms with E-state index in [2.05, 4.69) is 34.0 Å². The molecule has 1 aromatic heterocycles. The molecule has 6 heteroatoms. The first-order valence-electron chi connectivity index (χ1n) is 5.40. The average Bonchev–Trinajstić information content (AvgIpc) is 2.74. The fraction of sp³-hybridized carbons (Fsp3) is 0.800. The van der Waals surface area contributed by atoms with Crippen LogP contribution in [-0.2, 0) is 0 Å². The third-order valence-electron chi connectivity index (χ3n) is 2.30. The molecule has 5 nitrogen and oxygen atoms in total. The van der Waals surface area contributed by atoms with Crippen molar-refractivity contribution in [1.82, 2.24) is 15.5 Å². The molecule has 0 aliphatic heterocycles. The Morgan fingerprint density at radius 3 is 2.75 bits per heavy atom. The van der Waals surface area contributed by atoms with E-state index in [1.807, 2.05) is 25.7 Å². The van der Waals surface area contributed by atoms with Crippen molar-refractivity contribution in [3.8, 4) is 0 Å². The molecule has 92 valence electrons. The van der Waals surface area contributed by atoms with Gasteiger partial charge in [0.2, 0.25) is 5.89 Å². The van der Waals surface area contributed by atoms with Gasteiger partial charge in [0.05, 0.1) is 6.04 Å². The highest BCUT2D eigenvalue weighted by molar-refractivity contribution is 7.98. The normalized spacial score (nSPS) is 14.8. The van der Waals surface area contributed by atoms with Gasteiger partial charge in [-0.05, 0) is 31.9 Å². The predicted molar refractivity (Wildman–Crippen MR) is 67.8 cm³/mol. The quantitative estimate of drug-likeness (QED) is 0.762. The highest BCUT2D eigenvalue weighted by atomic mass is 32.2. The lowest BCUT2D eigenvalue weighted by atomic mass is 10.2. The van der Waals surface area contributed by atoms with E-state index in [9.17, 15) is 0 Å². The molecule has 16 heavy (non-hydrogen) atoms. The van der Waals surface area contributed by atoms with E-state index >= 15 is 0 Å². The number of hydrogen-bond acceptors (Lipinski definition) is 6. The Hall–Kier alpha value is -0.750. The zero-order valence-corrected chi connectivity index (χ0v) is 11.1. The van der Waals surface area contributed by atoms with Crippen molar-refractivity contribution in [2.75, 3.05) is 30.9 Å². The van der Waals surface area contributed by atoms with Gasteiger partial charge in [0.15, 0.2) is 0 Å². The van der Waals surface area contributed by atoms with E-state index in [-0.39, 0.29) is 6.04 Å². The van der Waals surface area contributed by atoms with E-state index < -0.39 is 0 Å². The summed E-state index contributed by atoms with van der Waals surface area (Å²) in [5, 5.41) is 14.1. The number of nitrogens with one attached hydrogen (secondary N) is 2. The number of nitrogens with zero attached hydrogens (tertiary/aromatic N) is 2. The lowest BCUT2D eigenvalue weighted by Crippen LogP contribution is -2.13. The largest absolute Gasteiger partial charge is 0.406 e. The Bertz CT molecular complexity index is 305. The predicted octanol–water partition coefficient (Wildman–Crippen LogP) is 1.76. The monoisotopic (exact) mass is 244 g/mol. The molecule has 0 amide bonds. The second-order valence-corrected chi connectivity index (χ2v) is 4.81. The molecule has 0 spiro atoms. The number of thioether (sulfide) groups is 1. The standard InChI is InChI=1S/C10H20N4OS/c1-7(6-16-4)5-12-10-14-13-9(15-10)8(2)11-3/h7-8,11H,5-6H2,1-4H3,(H,12,14). The van der Waals surface area contributed by atoms with Gasteiger partial charge in [-0.2, -0.15) is 11.8 Å². The second kappa shape index (κ2) is 6.75. The molecule has 2 unspecified atom stereocenters. The van der Waals surface area contributed by atoms with Gasteiger partial charge in [0.1, 0.15) is 0 Å². The Kier molecular flexibility index (Phi) is 5.62. The number of hydrogen-bond donors (Lipinski definition) is 2. The number of aromatic nitrogens is 2. The molecule has 0 radical (unpaired) electrons. The number of rotatable bonds is 7.